The normalized spacial score (nSPS) is 9.82. The molecule has 1 aromatic heterocycles. The van der Waals surface area contributed by atoms with Crippen LogP contribution >= 0.6 is 15.9 Å². The van der Waals surface area contributed by atoms with E-state index in [1.165, 1.54) is 12.0 Å². The summed E-state index contributed by atoms with van der Waals surface area (Å²) in [7, 11) is 2.95. The molecule has 0 saturated carbocycles. The van der Waals surface area contributed by atoms with E-state index < -0.39 is 0 Å². The average Bonchev–Trinajstić information content (AvgIpc) is 2.35. The molecule has 0 spiro atoms. The van der Waals surface area contributed by atoms with Gasteiger partial charge in [0.05, 0.1) is 19.1 Å². The Morgan fingerprint density at radius 1 is 1.53 bits per heavy atom. The van der Waals surface area contributed by atoms with Gasteiger partial charge in [0.15, 0.2) is 0 Å². The number of esters is 1. The highest BCUT2D eigenvalue weighted by Gasteiger charge is 2.15. The third-order valence-electron chi connectivity index (χ3n) is 2.22. The molecule has 0 aromatic carbocycles. The minimum atomic E-state index is -0.338. The van der Waals surface area contributed by atoms with Gasteiger partial charge in [-0.25, -0.2) is 4.98 Å². The summed E-state index contributed by atoms with van der Waals surface area (Å²) in [6, 6.07) is 3.36. The van der Waals surface area contributed by atoms with Crippen molar-refractivity contribution >= 4 is 27.8 Å². The molecule has 1 amide bonds. The first-order valence-corrected chi connectivity index (χ1v) is 5.78. The second kappa shape index (κ2) is 6.34. The lowest BCUT2D eigenvalue weighted by molar-refractivity contribution is -0.140. The molecule has 1 rings (SSSR count). The predicted octanol–water partition coefficient (Wildman–Crippen LogP) is 1.48. The van der Waals surface area contributed by atoms with E-state index in [0.717, 1.165) is 0 Å². The maximum absolute atomic E-state index is 12.0. The Morgan fingerprint density at radius 3 is 2.82 bits per heavy atom. The Bertz CT molecular complexity index is 423. The highest BCUT2D eigenvalue weighted by molar-refractivity contribution is 9.10. The third kappa shape index (κ3) is 3.81. The highest BCUT2D eigenvalue weighted by atomic mass is 79.9. The monoisotopic (exact) mass is 300 g/mol. The largest absolute Gasteiger partial charge is 0.469 e. The Labute approximate surface area is 108 Å². The SMILES string of the molecule is COC(=O)CCN(C)C(=O)c1cccnc1Br. The van der Waals surface area contributed by atoms with E-state index in [4.69, 9.17) is 0 Å². The van der Waals surface area contributed by atoms with Crippen molar-refractivity contribution in [3.05, 3.63) is 28.5 Å². The van der Waals surface area contributed by atoms with Crippen LogP contribution in [0.5, 0.6) is 0 Å². The predicted molar refractivity (Wildman–Crippen MR) is 65.5 cm³/mol. The van der Waals surface area contributed by atoms with E-state index >= 15 is 0 Å². The zero-order chi connectivity index (χ0) is 12.8. The van der Waals surface area contributed by atoms with E-state index in [1.54, 1.807) is 25.4 Å². The summed E-state index contributed by atoms with van der Waals surface area (Å²) in [5.41, 5.74) is 0.472. The minimum Gasteiger partial charge on any atom is -0.469 e. The zero-order valence-corrected chi connectivity index (χ0v) is 11.2. The number of hydrogen-bond donors (Lipinski definition) is 0. The second-order valence-corrected chi connectivity index (χ2v) is 4.15. The van der Waals surface area contributed by atoms with E-state index in [1.807, 2.05) is 0 Å². The maximum atomic E-state index is 12.0. The Morgan fingerprint density at radius 2 is 2.24 bits per heavy atom. The van der Waals surface area contributed by atoms with Crippen LogP contribution in [-0.4, -0.2) is 42.5 Å². The van der Waals surface area contributed by atoms with Crippen molar-refractivity contribution in [3.8, 4) is 0 Å². The van der Waals surface area contributed by atoms with Gasteiger partial charge in [0.25, 0.3) is 5.91 Å². The maximum Gasteiger partial charge on any atom is 0.307 e. The number of aromatic nitrogens is 1. The summed E-state index contributed by atoms with van der Waals surface area (Å²) in [4.78, 5) is 28.4. The Kier molecular flexibility index (Phi) is 5.09. The number of nitrogens with zero attached hydrogens (tertiary/aromatic N) is 2. The van der Waals surface area contributed by atoms with E-state index in [0.29, 0.717) is 16.7 Å². The first-order chi connectivity index (χ1) is 8.06. The van der Waals surface area contributed by atoms with Crippen molar-refractivity contribution in [3.63, 3.8) is 0 Å². The average molecular weight is 301 g/mol. The van der Waals surface area contributed by atoms with E-state index in [2.05, 4.69) is 25.7 Å². The van der Waals surface area contributed by atoms with Gasteiger partial charge in [0, 0.05) is 19.8 Å². The van der Waals surface area contributed by atoms with Crippen LogP contribution in [0, 0.1) is 0 Å². The fourth-order valence-electron chi connectivity index (χ4n) is 1.21. The number of hydrogen-bond acceptors (Lipinski definition) is 4. The van der Waals surface area contributed by atoms with Crippen LogP contribution in [0.4, 0.5) is 0 Å². The van der Waals surface area contributed by atoms with Gasteiger partial charge in [-0.1, -0.05) is 0 Å². The van der Waals surface area contributed by atoms with Crippen LogP contribution in [0.15, 0.2) is 22.9 Å². The molecule has 0 bridgehead atoms. The van der Waals surface area contributed by atoms with Gasteiger partial charge in [-0.05, 0) is 28.1 Å². The van der Waals surface area contributed by atoms with Gasteiger partial charge in [0.2, 0.25) is 0 Å². The van der Waals surface area contributed by atoms with Crippen molar-refractivity contribution in [2.24, 2.45) is 0 Å². The molecule has 0 radical (unpaired) electrons. The number of ether oxygens (including phenoxy) is 1. The van der Waals surface area contributed by atoms with Gasteiger partial charge in [0.1, 0.15) is 4.60 Å². The van der Waals surface area contributed by atoms with E-state index in [9.17, 15) is 9.59 Å². The first kappa shape index (κ1) is 13.6. The van der Waals surface area contributed by atoms with Crippen molar-refractivity contribution in [2.45, 2.75) is 6.42 Å². The molecule has 0 unspecified atom stereocenters. The molecule has 92 valence electrons. The lowest BCUT2D eigenvalue weighted by atomic mass is 10.2. The molecule has 1 aromatic rings. The molecule has 0 aliphatic carbocycles. The molecule has 0 aliphatic heterocycles. The molecule has 5 nitrogen and oxygen atoms in total. The van der Waals surface area contributed by atoms with Crippen LogP contribution in [0.3, 0.4) is 0 Å². The number of halogens is 1. The minimum absolute atomic E-state index is 0.177. The van der Waals surface area contributed by atoms with Crippen LogP contribution in [-0.2, 0) is 9.53 Å². The fourth-order valence-corrected chi connectivity index (χ4v) is 1.63. The second-order valence-electron chi connectivity index (χ2n) is 3.39. The van der Waals surface area contributed by atoms with Crippen molar-refractivity contribution in [1.29, 1.82) is 0 Å². The molecule has 0 N–H and O–H groups in total. The van der Waals surface area contributed by atoms with Gasteiger partial charge >= 0.3 is 5.97 Å². The standard InChI is InChI=1S/C11H13BrN2O3/c1-14(7-5-9(15)17-2)11(16)8-4-3-6-13-10(8)12/h3-4,6H,5,7H2,1-2H3. The molecule has 0 aliphatic rings. The van der Waals surface area contributed by atoms with Crippen LogP contribution < -0.4 is 0 Å². The number of pyridine rings is 1. The smallest absolute Gasteiger partial charge is 0.307 e. The van der Waals surface area contributed by atoms with Crippen LogP contribution in [0.1, 0.15) is 16.8 Å². The van der Waals surface area contributed by atoms with Crippen LogP contribution in [0.2, 0.25) is 0 Å². The molecule has 6 heteroatoms. The summed E-state index contributed by atoms with van der Waals surface area (Å²) in [5.74, 6) is -0.524. The number of methoxy groups -OCH3 is 1. The zero-order valence-electron chi connectivity index (χ0n) is 9.64. The van der Waals surface area contributed by atoms with Gasteiger partial charge < -0.3 is 9.64 Å². The first-order valence-electron chi connectivity index (χ1n) is 4.99. The van der Waals surface area contributed by atoms with Gasteiger partial charge in [-0.3, -0.25) is 9.59 Å². The van der Waals surface area contributed by atoms with Crippen LogP contribution in [0.25, 0.3) is 0 Å². The van der Waals surface area contributed by atoms with Crippen molar-refractivity contribution in [1.82, 2.24) is 9.88 Å². The topological polar surface area (TPSA) is 59.5 Å². The fraction of sp³-hybridized carbons (Fsp3) is 0.364. The summed E-state index contributed by atoms with van der Waals surface area (Å²) in [6.07, 6.45) is 1.77. The Hall–Kier alpha value is -1.43. The number of carbonyl (C=O) groups excluding carboxylic acids is 2. The van der Waals surface area contributed by atoms with E-state index in [-0.39, 0.29) is 18.3 Å². The number of carbonyl (C=O) groups is 2. The molecule has 0 fully saturated rings. The summed E-state index contributed by atoms with van der Waals surface area (Å²) in [5, 5.41) is 0. The molecule has 1 heterocycles. The Balaban J connectivity index is 2.64. The summed E-state index contributed by atoms with van der Waals surface area (Å²) < 4.78 is 5.01. The molecular weight excluding hydrogens is 288 g/mol. The molecule has 0 saturated heterocycles. The number of rotatable bonds is 4. The third-order valence-corrected chi connectivity index (χ3v) is 2.85. The lowest BCUT2D eigenvalue weighted by Crippen LogP contribution is -2.29. The molecular formula is C11H13BrN2O3. The van der Waals surface area contributed by atoms with Gasteiger partial charge in [-0.15, -0.1) is 0 Å². The summed E-state index contributed by atoms with van der Waals surface area (Å²) >= 11 is 3.21. The van der Waals surface area contributed by atoms with Crippen molar-refractivity contribution < 1.29 is 14.3 Å². The van der Waals surface area contributed by atoms with Crippen molar-refractivity contribution in [2.75, 3.05) is 20.7 Å². The quantitative estimate of drug-likeness (QED) is 0.624. The summed E-state index contributed by atoms with van der Waals surface area (Å²) in [6.45, 7) is 0.312. The lowest BCUT2D eigenvalue weighted by Gasteiger charge is -2.16. The molecule has 17 heavy (non-hydrogen) atoms. The highest BCUT2D eigenvalue weighted by Crippen LogP contribution is 2.14. The van der Waals surface area contributed by atoms with Gasteiger partial charge in [-0.2, -0.15) is 0 Å². The molecule has 0 atom stereocenters. The number of amides is 1.